The van der Waals surface area contributed by atoms with Gasteiger partial charge < -0.3 is 9.47 Å². The fourth-order valence-corrected chi connectivity index (χ4v) is 13.8. The van der Waals surface area contributed by atoms with Gasteiger partial charge in [0.15, 0.2) is 8.07 Å². The second kappa shape index (κ2) is 14.9. The van der Waals surface area contributed by atoms with Crippen molar-refractivity contribution in [1.82, 2.24) is 4.57 Å². The van der Waals surface area contributed by atoms with Crippen LogP contribution in [0.3, 0.4) is 0 Å². The van der Waals surface area contributed by atoms with Gasteiger partial charge in [-0.1, -0.05) is 170 Å². The van der Waals surface area contributed by atoms with E-state index in [9.17, 15) is 0 Å². The van der Waals surface area contributed by atoms with Crippen molar-refractivity contribution in [3.8, 4) is 5.69 Å². The second-order valence-corrected chi connectivity index (χ2v) is 18.7. The maximum Gasteiger partial charge on any atom is 0.179 e. The summed E-state index contributed by atoms with van der Waals surface area (Å²) in [5.74, 6) is 0.361. The standard InChI is InChI=1S/C54H42N2Si/c1-7-20-41(21-8-1)42-34-36-53-51(38-42)52-40-50(35-37-54(52)56(53)45-26-13-4-14-27-45)57(47-29-15-5-16-30-47,48-31-17-6-18-32-48)49-33-19-28-46(39-49)55(43-22-9-2-10-23-43)44-24-11-3-12-25-44/h1-20,22-41H,21H2. The van der Waals surface area contributed by atoms with Crippen molar-refractivity contribution in [2.45, 2.75) is 12.3 Å². The molecule has 0 N–H and O–H groups in total. The fourth-order valence-electron chi connectivity index (χ4n) is 9.04. The lowest BCUT2D eigenvalue weighted by Crippen LogP contribution is -2.74. The molecule has 0 spiro atoms. The van der Waals surface area contributed by atoms with Gasteiger partial charge in [-0.2, -0.15) is 0 Å². The van der Waals surface area contributed by atoms with Gasteiger partial charge in [0.05, 0.1) is 11.0 Å². The van der Waals surface area contributed by atoms with Crippen molar-refractivity contribution < 1.29 is 0 Å². The Balaban J connectivity index is 1.27. The molecule has 1 aromatic heterocycles. The summed E-state index contributed by atoms with van der Waals surface area (Å²) < 4.78 is 2.45. The smallest absolute Gasteiger partial charge is 0.179 e. The number of fused-ring (bicyclic) bond motifs is 3. The number of rotatable bonds is 9. The summed E-state index contributed by atoms with van der Waals surface area (Å²) in [6.07, 6.45) is 9.99. The Hall–Kier alpha value is -6.94. The third-order valence-electron chi connectivity index (χ3n) is 11.6. The van der Waals surface area contributed by atoms with E-state index in [4.69, 9.17) is 0 Å². The van der Waals surface area contributed by atoms with Gasteiger partial charge in [-0.05, 0) is 99.5 Å². The zero-order chi connectivity index (χ0) is 38.0. The lowest BCUT2D eigenvalue weighted by molar-refractivity contribution is 0.855. The van der Waals surface area contributed by atoms with Gasteiger partial charge in [0.2, 0.25) is 0 Å². The molecule has 272 valence electrons. The highest BCUT2D eigenvalue weighted by atomic mass is 28.3. The molecule has 0 aliphatic heterocycles. The van der Waals surface area contributed by atoms with Crippen LogP contribution in [-0.2, 0) is 0 Å². The van der Waals surface area contributed by atoms with Crippen LogP contribution in [0.25, 0.3) is 27.5 Å². The van der Waals surface area contributed by atoms with E-state index in [0.29, 0.717) is 5.92 Å². The molecule has 2 nitrogen and oxygen atoms in total. The topological polar surface area (TPSA) is 8.17 Å². The van der Waals surface area contributed by atoms with Crippen LogP contribution in [0.1, 0.15) is 17.9 Å². The average molecular weight is 747 g/mol. The van der Waals surface area contributed by atoms with Crippen LogP contribution >= 0.6 is 0 Å². The summed E-state index contributed by atoms with van der Waals surface area (Å²) in [5.41, 5.74) is 8.35. The number of nitrogens with zero attached hydrogens (tertiary/aromatic N) is 2. The summed E-state index contributed by atoms with van der Waals surface area (Å²) >= 11 is 0. The Morgan fingerprint density at radius 2 is 0.930 bits per heavy atom. The van der Waals surface area contributed by atoms with Crippen LogP contribution < -0.4 is 25.6 Å². The largest absolute Gasteiger partial charge is 0.311 e. The molecule has 1 heterocycles. The molecule has 0 fully saturated rings. The Bertz CT molecular complexity index is 2780. The summed E-state index contributed by atoms with van der Waals surface area (Å²) in [7, 11) is -2.96. The molecule has 10 rings (SSSR count). The molecule has 0 saturated carbocycles. The molecule has 1 unspecified atom stereocenters. The Morgan fingerprint density at radius 3 is 1.53 bits per heavy atom. The molecular weight excluding hydrogens is 705 g/mol. The number of aromatic nitrogens is 1. The lowest BCUT2D eigenvalue weighted by Gasteiger charge is -2.35. The number of hydrogen-bond donors (Lipinski definition) is 0. The highest BCUT2D eigenvalue weighted by Crippen LogP contribution is 2.37. The molecule has 57 heavy (non-hydrogen) atoms. The number of para-hydroxylation sites is 3. The molecule has 0 saturated heterocycles. The molecule has 3 heteroatoms. The average Bonchev–Trinajstić information content (AvgIpc) is 3.62. The number of benzene rings is 8. The van der Waals surface area contributed by atoms with E-state index in [0.717, 1.165) is 23.5 Å². The van der Waals surface area contributed by atoms with E-state index in [-0.39, 0.29) is 0 Å². The summed E-state index contributed by atoms with van der Waals surface area (Å²) in [5, 5.41) is 7.95. The third-order valence-corrected chi connectivity index (χ3v) is 16.4. The summed E-state index contributed by atoms with van der Waals surface area (Å²) in [6, 6.07) is 78.7. The van der Waals surface area contributed by atoms with Crippen LogP contribution in [-0.4, -0.2) is 12.6 Å². The molecular formula is C54H42N2Si. The first-order valence-electron chi connectivity index (χ1n) is 19.9. The molecule has 9 aromatic rings. The first-order chi connectivity index (χ1) is 28.3. The van der Waals surface area contributed by atoms with E-state index in [2.05, 4.69) is 246 Å². The zero-order valence-corrected chi connectivity index (χ0v) is 32.7. The van der Waals surface area contributed by atoms with Gasteiger partial charge in [0.25, 0.3) is 0 Å². The monoisotopic (exact) mass is 746 g/mol. The maximum atomic E-state index is 2.54. The Kier molecular flexibility index (Phi) is 9.06. The van der Waals surface area contributed by atoms with Crippen LogP contribution in [0.4, 0.5) is 17.1 Å². The minimum Gasteiger partial charge on any atom is -0.311 e. The van der Waals surface area contributed by atoms with E-state index in [1.807, 2.05) is 0 Å². The third kappa shape index (κ3) is 6.14. The van der Waals surface area contributed by atoms with Crippen molar-refractivity contribution in [3.05, 3.63) is 242 Å². The van der Waals surface area contributed by atoms with Crippen LogP contribution in [0.2, 0.25) is 0 Å². The van der Waals surface area contributed by atoms with Crippen LogP contribution in [0.5, 0.6) is 0 Å². The Morgan fingerprint density at radius 1 is 0.421 bits per heavy atom. The maximum absolute atomic E-state index is 2.96. The van der Waals surface area contributed by atoms with Gasteiger partial charge in [0.1, 0.15) is 0 Å². The molecule has 8 aromatic carbocycles. The van der Waals surface area contributed by atoms with E-state index in [1.165, 1.54) is 53.8 Å². The van der Waals surface area contributed by atoms with Crippen LogP contribution in [0, 0.1) is 0 Å². The minimum atomic E-state index is -2.96. The first kappa shape index (κ1) is 34.5. The molecule has 1 aliphatic rings. The SMILES string of the molecule is C1=CCC(c2ccc3c(c2)c2cc([Si](c4ccccc4)(c4ccccc4)c4cccc(N(c5ccccc5)c5ccccc5)c4)ccc2n3-c2ccccc2)C=C1. The molecule has 1 aliphatic carbocycles. The van der Waals surface area contributed by atoms with Crippen molar-refractivity contribution in [2.24, 2.45) is 0 Å². The second-order valence-electron chi connectivity index (χ2n) is 14.9. The molecule has 0 bridgehead atoms. The van der Waals surface area contributed by atoms with E-state index < -0.39 is 8.07 Å². The fraction of sp³-hybridized carbons (Fsp3) is 0.0370. The quantitative estimate of drug-likeness (QED) is 0.105. The number of anilines is 3. The van der Waals surface area contributed by atoms with Gasteiger partial charge in [-0.3, -0.25) is 0 Å². The highest BCUT2D eigenvalue weighted by Gasteiger charge is 2.42. The highest BCUT2D eigenvalue weighted by molar-refractivity contribution is 7.20. The van der Waals surface area contributed by atoms with E-state index >= 15 is 0 Å². The zero-order valence-electron chi connectivity index (χ0n) is 31.7. The Labute approximate surface area is 336 Å². The van der Waals surface area contributed by atoms with E-state index in [1.54, 1.807) is 0 Å². The van der Waals surface area contributed by atoms with Gasteiger partial charge >= 0.3 is 0 Å². The minimum absolute atomic E-state index is 0.361. The van der Waals surface area contributed by atoms with Gasteiger partial charge in [0, 0.05) is 39.4 Å². The predicted octanol–water partition coefficient (Wildman–Crippen LogP) is 11.2. The van der Waals surface area contributed by atoms with Crippen LogP contribution in [0.15, 0.2) is 237 Å². The normalized spacial score (nSPS) is 13.9. The number of allylic oxidation sites excluding steroid dienone is 4. The van der Waals surface area contributed by atoms with Gasteiger partial charge in [-0.25, -0.2) is 0 Å². The van der Waals surface area contributed by atoms with Gasteiger partial charge in [-0.15, -0.1) is 0 Å². The van der Waals surface area contributed by atoms with Crippen molar-refractivity contribution in [3.63, 3.8) is 0 Å². The lowest BCUT2D eigenvalue weighted by atomic mass is 9.91. The van der Waals surface area contributed by atoms with Crippen molar-refractivity contribution in [2.75, 3.05) is 4.90 Å². The molecule has 1 atom stereocenters. The van der Waals surface area contributed by atoms with Crippen molar-refractivity contribution >= 4 is 67.7 Å². The summed E-state index contributed by atoms with van der Waals surface area (Å²) in [4.78, 5) is 2.38. The van der Waals surface area contributed by atoms with Crippen molar-refractivity contribution in [1.29, 1.82) is 0 Å². The summed E-state index contributed by atoms with van der Waals surface area (Å²) in [6.45, 7) is 0. The predicted molar refractivity (Wildman–Crippen MR) is 245 cm³/mol. The molecule has 0 amide bonds. The first-order valence-corrected chi connectivity index (χ1v) is 21.9. The molecule has 0 radical (unpaired) electrons. The number of hydrogen-bond acceptors (Lipinski definition) is 1.